The average Bonchev–Trinajstić information content (AvgIpc) is 2.30. The molecule has 69 valence electrons. The Morgan fingerprint density at radius 1 is 1.08 bits per heavy atom. The molecule has 0 atom stereocenters. The van der Waals surface area contributed by atoms with Gasteiger partial charge in [-0.3, -0.25) is 0 Å². The number of hydrogen-bond donors (Lipinski definition) is 0. The molecule has 0 heterocycles. The topological polar surface area (TPSA) is 0 Å². The van der Waals surface area contributed by atoms with Crippen LogP contribution in [0.4, 0.5) is 0 Å². The van der Waals surface area contributed by atoms with E-state index >= 15 is 0 Å². The summed E-state index contributed by atoms with van der Waals surface area (Å²) < 4.78 is 0. The molecule has 1 aliphatic carbocycles. The van der Waals surface area contributed by atoms with Gasteiger partial charge in [0.1, 0.15) is 0 Å². The van der Waals surface area contributed by atoms with Crippen LogP contribution in [0.1, 0.15) is 34.6 Å². The van der Waals surface area contributed by atoms with Gasteiger partial charge in [0, 0.05) is 5.92 Å². The van der Waals surface area contributed by atoms with Gasteiger partial charge in [0.15, 0.2) is 0 Å². The average molecular weight is 171 g/mol. The molecule has 1 radical (unpaired) electrons. The zero-order chi connectivity index (χ0) is 9.35. The fourth-order valence-electron chi connectivity index (χ4n) is 1.29. The molecule has 0 amide bonds. The van der Waals surface area contributed by atoms with Gasteiger partial charge in [0.05, 0.1) is 0 Å². The zero-order valence-corrected chi connectivity index (χ0v) is 8.81. The van der Waals surface area contributed by atoms with Gasteiger partial charge >= 0.3 is 18.9 Å². The van der Waals surface area contributed by atoms with Crippen molar-refractivity contribution in [2.75, 3.05) is 0 Å². The Hall–Kier alpha value is 0.0774. The minimum absolute atomic E-state index is 0. The number of rotatable bonds is 1. The van der Waals surface area contributed by atoms with Crippen molar-refractivity contribution in [1.82, 2.24) is 0 Å². The Morgan fingerprint density at radius 3 is 1.85 bits per heavy atom. The number of hydrogen-bond acceptors (Lipinski definition) is 0. The first-order chi connectivity index (χ1) is 5.41. The molecule has 0 aliphatic heterocycles. The van der Waals surface area contributed by atoms with E-state index < -0.39 is 0 Å². The van der Waals surface area contributed by atoms with Crippen molar-refractivity contribution in [2.45, 2.75) is 34.6 Å². The van der Waals surface area contributed by atoms with E-state index in [-0.39, 0.29) is 18.9 Å². The predicted molar refractivity (Wildman–Crippen MR) is 61.9 cm³/mol. The minimum atomic E-state index is 0. The third-order valence-electron chi connectivity index (χ3n) is 2.31. The molecule has 0 fully saturated rings. The third kappa shape index (κ3) is 3.37. The molecular weight excluding hydrogens is 151 g/mol. The zero-order valence-electron chi connectivity index (χ0n) is 8.81. The standard InChI is InChI=1S/C12H19.Li.H/c1-9(2)10-6-7-11(8-10)12(3,4)5;;/h6-9H,1-5H3;;. The molecule has 0 unspecified atom stereocenters. The van der Waals surface area contributed by atoms with Crippen LogP contribution in [0.15, 0.2) is 23.8 Å². The molecule has 0 bridgehead atoms. The van der Waals surface area contributed by atoms with E-state index in [1.807, 2.05) is 0 Å². The molecule has 13 heavy (non-hydrogen) atoms. The van der Waals surface area contributed by atoms with E-state index in [9.17, 15) is 0 Å². The van der Waals surface area contributed by atoms with E-state index in [1.54, 1.807) is 0 Å². The van der Waals surface area contributed by atoms with E-state index in [4.69, 9.17) is 0 Å². The first kappa shape index (κ1) is 13.1. The summed E-state index contributed by atoms with van der Waals surface area (Å²) in [5.41, 5.74) is 1.76. The van der Waals surface area contributed by atoms with Crippen molar-refractivity contribution in [1.29, 1.82) is 0 Å². The summed E-state index contributed by atoms with van der Waals surface area (Å²) in [6.07, 6.45) is 6.81. The maximum absolute atomic E-state index is 2.32. The molecule has 0 aromatic rings. The molecular formula is C12H20Li. The van der Waals surface area contributed by atoms with Crippen LogP contribution in [-0.4, -0.2) is 18.9 Å². The third-order valence-corrected chi connectivity index (χ3v) is 2.31. The van der Waals surface area contributed by atoms with Gasteiger partial charge < -0.3 is 0 Å². The molecule has 0 saturated heterocycles. The molecule has 0 N–H and O–H groups in total. The fourth-order valence-corrected chi connectivity index (χ4v) is 1.29. The summed E-state index contributed by atoms with van der Waals surface area (Å²) in [5, 5.41) is 0. The molecule has 1 heteroatoms. The molecule has 0 saturated carbocycles. The second-order valence-corrected chi connectivity index (χ2v) is 4.84. The fraction of sp³-hybridized carbons (Fsp3) is 0.583. The summed E-state index contributed by atoms with van der Waals surface area (Å²) in [7, 11) is 0. The summed E-state index contributed by atoms with van der Waals surface area (Å²) in [4.78, 5) is 0. The first-order valence-electron chi connectivity index (χ1n) is 4.68. The van der Waals surface area contributed by atoms with Crippen LogP contribution in [0.25, 0.3) is 0 Å². The van der Waals surface area contributed by atoms with Crippen LogP contribution in [0, 0.1) is 17.3 Å². The van der Waals surface area contributed by atoms with Crippen molar-refractivity contribution in [3.63, 3.8) is 0 Å². The van der Waals surface area contributed by atoms with Crippen LogP contribution >= 0.6 is 0 Å². The molecule has 0 aromatic heterocycles. The van der Waals surface area contributed by atoms with Crippen LogP contribution in [-0.2, 0) is 0 Å². The second kappa shape index (κ2) is 4.54. The Morgan fingerprint density at radius 2 is 1.62 bits per heavy atom. The van der Waals surface area contributed by atoms with Gasteiger partial charge in [-0.05, 0) is 16.9 Å². The Labute approximate surface area is 94.7 Å². The number of allylic oxidation sites excluding steroid dienone is 4. The molecule has 0 aromatic carbocycles. The van der Waals surface area contributed by atoms with Gasteiger partial charge in [-0.2, -0.15) is 0 Å². The summed E-state index contributed by atoms with van der Waals surface area (Å²) in [5.74, 6) is 2.10. The monoisotopic (exact) mass is 171 g/mol. The van der Waals surface area contributed by atoms with E-state index in [1.165, 1.54) is 11.5 Å². The Balaban J connectivity index is 0.00000144. The van der Waals surface area contributed by atoms with E-state index in [0.717, 1.165) is 0 Å². The van der Waals surface area contributed by atoms with Crippen molar-refractivity contribution < 1.29 is 0 Å². The summed E-state index contributed by atoms with van der Waals surface area (Å²) >= 11 is 0. The summed E-state index contributed by atoms with van der Waals surface area (Å²) in [6, 6.07) is 0. The Bertz CT molecular complexity index is 216. The van der Waals surface area contributed by atoms with Gasteiger partial charge in [-0.15, -0.1) is 0 Å². The maximum atomic E-state index is 2.32. The quantitative estimate of drug-likeness (QED) is 0.532. The van der Waals surface area contributed by atoms with Crippen LogP contribution in [0.2, 0.25) is 0 Å². The molecule has 1 aliphatic rings. The Kier molecular flexibility index (Phi) is 4.56. The summed E-state index contributed by atoms with van der Waals surface area (Å²) in [6.45, 7) is 11.2. The van der Waals surface area contributed by atoms with Gasteiger partial charge in [-0.25, -0.2) is 0 Å². The van der Waals surface area contributed by atoms with Crippen molar-refractivity contribution >= 4 is 18.9 Å². The van der Waals surface area contributed by atoms with Crippen molar-refractivity contribution in [3.8, 4) is 0 Å². The SMILES string of the molecule is CC(C)C1=C[C](C(C)(C)C)C=C1.[LiH]. The van der Waals surface area contributed by atoms with Gasteiger partial charge in [0.25, 0.3) is 0 Å². The van der Waals surface area contributed by atoms with Crippen LogP contribution < -0.4 is 0 Å². The molecule has 0 nitrogen and oxygen atoms in total. The molecule has 0 spiro atoms. The van der Waals surface area contributed by atoms with Crippen LogP contribution in [0.3, 0.4) is 0 Å². The van der Waals surface area contributed by atoms with E-state index in [0.29, 0.717) is 11.3 Å². The van der Waals surface area contributed by atoms with Gasteiger partial charge in [0.2, 0.25) is 0 Å². The van der Waals surface area contributed by atoms with Gasteiger partial charge in [-0.1, -0.05) is 52.8 Å². The van der Waals surface area contributed by atoms with E-state index in [2.05, 4.69) is 52.8 Å². The van der Waals surface area contributed by atoms with Crippen LogP contribution in [0.5, 0.6) is 0 Å². The first-order valence-corrected chi connectivity index (χ1v) is 4.68. The normalized spacial score (nSPS) is 17.5. The molecule has 1 rings (SSSR count). The van der Waals surface area contributed by atoms with Crippen molar-refractivity contribution in [3.05, 3.63) is 29.7 Å². The predicted octanol–water partition coefficient (Wildman–Crippen LogP) is 3.11. The van der Waals surface area contributed by atoms with Crippen molar-refractivity contribution in [2.24, 2.45) is 11.3 Å². The second-order valence-electron chi connectivity index (χ2n) is 4.84.